The van der Waals surface area contributed by atoms with E-state index in [0.717, 1.165) is 17.1 Å². The van der Waals surface area contributed by atoms with Gasteiger partial charge in [0.05, 0.1) is 6.10 Å². The maximum atomic E-state index is 9.90. The summed E-state index contributed by atoms with van der Waals surface area (Å²) in [6.45, 7) is 0. The first kappa shape index (κ1) is 9.25. The fourth-order valence-corrected chi connectivity index (χ4v) is 3.24. The molecule has 15 heavy (non-hydrogen) atoms. The molecule has 0 aromatic heterocycles. The Morgan fingerprint density at radius 2 is 2.00 bits per heavy atom. The number of aliphatic hydroxyl groups excluding tert-OH is 1. The highest BCUT2D eigenvalue weighted by Crippen LogP contribution is 2.35. The molecule has 1 aliphatic heterocycles. The third kappa shape index (κ3) is 1.45. The lowest BCUT2D eigenvalue weighted by molar-refractivity contribution is 0.202. The van der Waals surface area contributed by atoms with E-state index in [2.05, 4.69) is 36.4 Å². The van der Waals surface area contributed by atoms with Gasteiger partial charge >= 0.3 is 0 Å². The van der Waals surface area contributed by atoms with Crippen LogP contribution in [-0.4, -0.2) is 10.9 Å². The molecular weight excluding hydrogens is 204 g/mol. The van der Waals surface area contributed by atoms with Gasteiger partial charge in [0.15, 0.2) is 0 Å². The molecule has 0 saturated heterocycles. The van der Waals surface area contributed by atoms with Crippen LogP contribution in [-0.2, 0) is 5.75 Å². The first-order valence-electron chi connectivity index (χ1n) is 5.12. The van der Waals surface area contributed by atoms with Crippen molar-refractivity contribution in [3.63, 3.8) is 0 Å². The Balaban J connectivity index is 2.33. The Bertz CT molecular complexity index is 507. The minimum atomic E-state index is -0.289. The lowest BCUT2D eigenvalue weighted by atomic mass is 9.97. The van der Waals surface area contributed by atoms with Crippen LogP contribution in [0.25, 0.3) is 10.8 Å². The first-order chi connectivity index (χ1) is 7.36. The van der Waals surface area contributed by atoms with E-state index in [9.17, 15) is 5.11 Å². The fraction of sp³-hybridized carbons (Fsp3) is 0.231. The molecule has 0 fully saturated rings. The predicted octanol–water partition coefficient (Wildman–Crippen LogP) is 3.12. The molecule has 2 aromatic carbocycles. The standard InChI is InChI=1S/C13H12OS/c14-13-8-15-7-12-10-4-2-1-3-9(10)5-6-11(12)13/h1-6,13-14H,7-8H2/t13-/m0/s1. The van der Waals surface area contributed by atoms with Gasteiger partial charge in [-0.05, 0) is 21.9 Å². The van der Waals surface area contributed by atoms with Crippen LogP contribution in [0.2, 0.25) is 0 Å². The van der Waals surface area contributed by atoms with E-state index in [1.54, 1.807) is 0 Å². The third-order valence-corrected chi connectivity index (χ3v) is 4.00. The zero-order valence-electron chi connectivity index (χ0n) is 8.31. The zero-order valence-corrected chi connectivity index (χ0v) is 9.13. The minimum absolute atomic E-state index is 0.289. The van der Waals surface area contributed by atoms with E-state index in [-0.39, 0.29) is 6.10 Å². The Morgan fingerprint density at radius 1 is 1.13 bits per heavy atom. The number of hydrogen-bond acceptors (Lipinski definition) is 2. The summed E-state index contributed by atoms with van der Waals surface area (Å²) in [5.41, 5.74) is 2.43. The van der Waals surface area contributed by atoms with Crippen molar-refractivity contribution in [3.05, 3.63) is 47.5 Å². The van der Waals surface area contributed by atoms with Crippen LogP contribution >= 0.6 is 11.8 Å². The Morgan fingerprint density at radius 3 is 2.93 bits per heavy atom. The van der Waals surface area contributed by atoms with E-state index in [0.29, 0.717) is 0 Å². The highest BCUT2D eigenvalue weighted by molar-refractivity contribution is 7.98. The van der Waals surface area contributed by atoms with Gasteiger partial charge in [-0.25, -0.2) is 0 Å². The van der Waals surface area contributed by atoms with E-state index in [1.165, 1.54) is 16.3 Å². The van der Waals surface area contributed by atoms with E-state index in [1.807, 2.05) is 11.8 Å². The number of rotatable bonds is 0. The van der Waals surface area contributed by atoms with Gasteiger partial charge in [0, 0.05) is 11.5 Å². The fourth-order valence-electron chi connectivity index (χ4n) is 2.19. The summed E-state index contributed by atoms with van der Waals surface area (Å²) in [4.78, 5) is 0. The van der Waals surface area contributed by atoms with E-state index >= 15 is 0 Å². The normalized spacial score (nSPS) is 20.2. The van der Waals surface area contributed by atoms with Gasteiger partial charge < -0.3 is 5.11 Å². The average molecular weight is 216 g/mol. The second-order valence-corrected chi connectivity index (χ2v) is 4.92. The number of benzene rings is 2. The molecule has 2 aromatic rings. The Kier molecular flexibility index (Phi) is 2.19. The molecule has 0 radical (unpaired) electrons. The maximum Gasteiger partial charge on any atom is 0.0883 e. The van der Waals surface area contributed by atoms with Gasteiger partial charge in [-0.1, -0.05) is 36.4 Å². The lowest BCUT2D eigenvalue weighted by Gasteiger charge is -2.22. The number of fused-ring (bicyclic) bond motifs is 3. The molecule has 1 heterocycles. The van der Waals surface area contributed by atoms with Gasteiger partial charge in [0.2, 0.25) is 0 Å². The summed E-state index contributed by atoms with van der Waals surface area (Å²) in [6.07, 6.45) is -0.289. The number of aliphatic hydroxyl groups is 1. The molecule has 0 spiro atoms. The van der Waals surface area contributed by atoms with Crippen LogP contribution in [0.1, 0.15) is 17.2 Å². The summed E-state index contributed by atoms with van der Waals surface area (Å²) in [5.74, 6) is 1.85. The summed E-state index contributed by atoms with van der Waals surface area (Å²) in [6, 6.07) is 12.6. The molecule has 1 nitrogen and oxygen atoms in total. The van der Waals surface area contributed by atoms with Gasteiger partial charge in [0.25, 0.3) is 0 Å². The average Bonchev–Trinajstić information content (AvgIpc) is 2.29. The molecule has 76 valence electrons. The highest BCUT2D eigenvalue weighted by atomic mass is 32.2. The molecule has 1 N–H and O–H groups in total. The molecular formula is C13H12OS. The smallest absolute Gasteiger partial charge is 0.0883 e. The van der Waals surface area contributed by atoms with Crippen LogP contribution in [0.4, 0.5) is 0 Å². The van der Waals surface area contributed by atoms with Crippen molar-refractivity contribution in [1.82, 2.24) is 0 Å². The highest BCUT2D eigenvalue weighted by Gasteiger charge is 2.19. The molecule has 0 amide bonds. The van der Waals surface area contributed by atoms with Crippen molar-refractivity contribution in [2.24, 2.45) is 0 Å². The maximum absolute atomic E-state index is 9.90. The third-order valence-electron chi connectivity index (χ3n) is 2.96. The SMILES string of the molecule is O[C@H]1CSCc2c1ccc1ccccc21. The van der Waals surface area contributed by atoms with Crippen LogP contribution < -0.4 is 0 Å². The second-order valence-electron chi connectivity index (χ2n) is 3.89. The van der Waals surface area contributed by atoms with Crippen molar-refractivity contribution in [2.45, 2.75) is 11.9 Å². The quantitative estimate of drug-likeness (QED) is 0.730. The largest absolute Gasteiger partial charge is 0.388 e. The van der Waals surface area contributed by atoms with Crippen LogP contribution in [0.15, 0.2) is 36.4 Å². The lowest BCUT2D eigenvalue weighted by Crippen LogP contribution is -2.10. The number of hydrogen-bond donors (Lipinski definition) is 1. The summed E-state index contributed by atoms with van der Waals surface area (Å²) >= 11 is 1.81. The Labute approximate surface area is 93.1 Å². The summed E-state index contributed by atoms with van der Waals surface area (Å²) in [5, 5.41) is 12.5. The van der Waals surface area contributed by atoms with Crippen molar-refractivity contribution in [3.8, 4) is 0 Å². The first-order valence-corrected chi connectivity index (χ1v) is 6.28. The molecule has 0 unspecified atom stereocenters. The van der Waals surface area contributed by atoms with Crippen molar-refractivity contribution in [2.75, 3.05) is 5.75 Å². The molecule has 1 aliphatic rings. The van der Waals surface area contributed by atoms with Crippen molar-refractivity contribution < 1.29 is 5.11 Å². The predicted molar refractivity (Wildman–Crippen MR) is 65.1 cm³/mol. The van der Waals surface area contributed by atoms with Gasteiger partial charge in [-0.3, -0.25) is 0 Å². The molecule has 0 saturated carbocycles. The Hall–Kier alpha value is -0.990. The van der Waals surface area contributed by atoms with E-state index < -0.39 is 0 Å². The molecule has 0 bridgehead atoms. The second kappa shape index (κ2) is 3.54. The van der Waals surface area contributed by atoms with Crippen LogP contribution in [0.3, 0.4) is 0 Å². The molecule has 3 rings (SSSR count). The number of thioether (sulfide) groups is 1. The summed E-state index contributed by atoms with van der Waals surface area (Å²) < 4.78 is 0. The van der Waals surface area contributed by atoms with Gasteiger partial charge in [0.1, 0.15) is 0 Å². The monoisotopic (exact) mass is 216 g/mol. The van der Waals surface area contributed by atoms with Crippen LogP contribution in [0.5, 0.6) is 0 Å². The van der Waals surface area contributed by atoms with Gasteiger partial charge in [-0.15, -0.1) is 0 Å². The van der Waals surface area contributed by atoms with Gasteiger partial charge in [-0.2, -0.15) is 11.8 Å². The van der Waals surface area contributed by atoms with Crippen molar-refractivity contribution in [1.29, 1.82) is 0 Å². The zero-order chi connectivity index (χ0) is 10.3. The molecule has 1 atom stereocenters. The molecule has 0 aliphatic carbocycles. The van der Waals surface area contributed by atoms with E-state index in [4.69, 9.17) is 0 Å². The minimum Gasteiger partial charge on any atom is -0.388 e. The molecule has 2 heteroatoms. The van der Waals surface area contributed by atoms with Crippen LogP contribution in [0, 0.1) is 0 Å². The topological polar surface area (TPSA) is 20.2 Å². The van der Waals surface area contributed by atoms with Crippen molar-refractivity contribution >= 4 is 22.5 Å². The summed E-state index contributed by atoms with van der Waals surface area (Å²) in [7, 11) is 0.